The Morgan fingerprint density at radius 2 is 2.15 bits per heavy atom. The Morgan fingerprint density at radius 3 is 2.70 bits per heavy atom. The SMILES string of the molecule is Cc1sc(-c2cnc(Cl)cc2NC(C)C)nc1C(N)O. The van der Waals surface area contributed by atoms with Crippen molar-refractivity contribution in [2.75, 3.05) is 5.32 Å². The molecule has 1 unspecified atom stereocenters. The van der Waals surface area contributed by atoms with Crippen LogP contribution in [0.3, 0.4) is 0 Å². The van der Waals surface area contributed by atoms with Gasteiger partial charge in [-0.3, -0.25) is 0 Å². The molecule has 108 valence electrons. The summed E-state index contributed by atoms with van der Waals surface area (Å²) in [7, 11) is 0. The minimum atomic E-state index is -1.07. The number of anilines is 1. The van der Waals surface area contributed by atoms with Crippen LogP contribution in [0.25, 0.3) is 10.6 Å². The highest BCUT2D eigenvalue weighted by Gasteiger charge is 2.17. The molecule has 2 rings (SSSR count). The number of thiazole rings is 1. The molecule has 0 fully saturated rings. The summed E-state index contributed by atoms with van der Waals surface area (Å²) in [5, 5.41) is 14.0. The molecule has 0 bridgehead atoms. The van der Waals surface area contributed by atoms with Crippen molar-refractivity contribution < 1.29 is 5.11 Å². The Morgan fingerprint density at radius 1 is 1.45 bits per heavy atom. The monoisotopic (exact) mass is 312 g/mol. The first kappa shape index (κ1) is 15.2. The number of nitrogens with one attached hydrogen (secondary N) is 1. The number of halogens is 1. The predicted molar refractivity (Wildman–Crippen MR) is 83.0 cm³/mol. The largest absolute Gasteiger partial charge is 0.382 e. The summed E-state index contributed by atoms with van der Waals surface area (Å²) >= 11 is 7.42. The Bertz CT molecular complexity index is 612. The zero-order valence-electron chi connectivity index (χ0n) is 11.5. The molecule has 0 aliphatic carbocycles. The van der Waals surface area contributed by atoms with Crippen molar-refractivity contribution in [2.24, 2.45) is 5.73 Å². The highest BCUT2D eigenvalue weighted by Crippen LogP contribution is 2.34. The van der Waals surface area contributed by atoms with Crippen LogP contribution in [0.15, 0.2) is 12.3 Å². The summed E-state index contributed by atoms with van der Waals surface area (Å²) in [5.41, 5.74) is 7.71. The molecule has 0 radical (unpaired) electrons. The molecule has 5 nitrogen and oxygen atoms in total. The van der Waals surface area contributed by atoms with Gasteiger partial charge in [0.1, 0.15) is 16.4 Å². The molecule has 0 aromatic carbocycles. The second-order valence-corrected chi connectivity index (χ2v) is 6.35. The summed E-state index contributed by atoms with van der Waals surface area (Å²) in [6, 6.07) is 2.03. The van der Waals surface area contributed by atoms with Crippen molar-refractivity contribution in [1.82, 2.24) is 9.97 Å². The number of hydrogen-bond donors (Lipinski definition) is 3. The summed E-state index contributed by atoms with van der Waals surface area (Å²) < 4.78 is 0. The van der Waals surface area contributed by atoms with Crippen LogP contribution in [0.5, 0.6) is 0 Å². The number of aryl methyl sites for hydroxylation is 1. The van der Waals surface area contributed by atoms with Gasteiger partial charge in [0.05, 0.1) is 11.3 Å². The van der Waals surface area contributed by atoms with Crippen LogP contribution in [0.4, 0.5) is 5.69 Å². The van der Waals surface area contributed by atoms with Crippen molar-refractivity contribution in [2.45, 2.75) is 33.0 Å². The first-order valence-corrected chi connectivity index (χ1v) is 7.41. The number of aliphatic hydroxyl groups is 1. The van der Waals surface area contributed by atoms with Gasteiger partial charge < -0.3 is 16.2 Å². The van der Waals surface area contributed by atoms with Gasteiger partial charge in [-0.25, -0.2) is 9.97 Å². The maximum Gasteiger partial charge on any atom is 0.146 e. The van der Waals surface area contributed by atoms with Gasteiger partial charge in [-0.05, 0) is 26.8 Å². The first-order valence-electron chi connectivity index (χ1n) is 6.22. The van der Waals surface area contributed by atoms with E-state index in [0.717, 1.165) is 21.1 Å². The Balaban J connectivity index is 2.49. The summed E-state index contributed by atoms with van der Waals surface area (Å²) in [6.45, 7) is 5.96. The number of aromatic nitrogens is 2. The number of aliphatic hydroxyl groups excluding tert-OH is 1. The summed E-state index contributed by atoms with van der Waals surface area (Å²) in [5.74, 6) is 0. The highest BCUT2D eigenvalue weighted by molar-refractivity contribution is 7.15. The number of nitrogens with two attached hydrogens (primary N) is 1. The average molecular weight is 313 g/mol. The lowest BCUT2D eigenvalue weighted by Gasteiger charge is -2.13. The molecule has 0 saturated carbocycles. The normalized spacial score (nSPS) is 12.8. The van der Waals surface area contributed by atoms with Crippen LogP contribution >= 0.6 is 22.9 Å². The molecule has 2 aromatic heterocycles. The van der Waals surface area contributed by atoms with Gasteiger partial charge in [0.15, 0.2) is 0 Å². The molecule has 1 atom stereocenters. The van der Waals surface area contributed by atoms with E-state index in [0.29, 0.717) is 10.8 Å². The van der Waals surface area contributed by atoms with Gasteiger partial charge in [-0.2, -0.15) is 0 Å². The number of rotatable bonds is 4. The molecule has 0 spiro atoms. The van der Waals surface area contributed by atoms with Gasteiger partial charge in [0, 0.05) is 22.8 Å². The van der Waals surface area contributed by atoms with E-state index in [4.69, 9.17) is 17.3 Å². The highest BCUT2D eigenvalue weighted by atomic mass is 35.5. The zero-order valence-corrected chi connectivity index (χ0v) is 13.1. The van der Waals surface area contributed by atoms with Crippen LogP contribution in [0, 0.1) is 6.92 Å². The van der Waals surface area contributed by atoms with Crippen molar-refractivity contribution in [3.05, 3.63) is 28.0 Å². The Kier molecular flexibility index (Phi) is 4.59. The van der Waals surface area contributed by atoms with E-state index in [1.807, 2.05) is 20.8 Å². The molecule has 0 amide bonds. The summed E-state index contributed by atoms with van der Waals surface area (Å²) in [6.07, 6.45) is 0.611. The predicted octanol–water partition coefficient (Wildman–Crippen LogP) is 2.94. The second kappa shape index (κ2) is 6.05. The molecule has 2 aromatic rings. The molecular weight excluding hydrogens is 296 g/mol. The molecule has 0 aliphatic rings. The molecule has 4 N–H and O–H groups in total. The van der Waals surface area contributed by atoms with E-state index in [-0.39, 0.29) is 6.04 Å². The lowest BCUT2D eigenvalue weighted by atomic mass is 10.2. The van der Waals surface area contributed by atoms with E-state index < -0.39 is 6.23 Å². The van der Waals surface area contributed by atoms with E-state index in [9.17, 15) is 5.11 Å². The van der Waals surface area contributed by atoms with Crippen LogP contribution in [-0.2, 0) is 0 Å². The molecular formula is C13H17ClN4OS. The first-order chi connectivity index (χ1) is 9.38. The third kappa shape index (κ3) is 3.27. The van der Waals surface area contributed by atoms with Crippen LogP contribution in [0.1, 0.15) is 30.6 Å². The van der Waals surface area contributed by atoms with Gasteiger partial charge in [0.25, 0.3) is 0 Å². The van der Waals surface area contributed by atoms with E-state index in [2.05, 4.69) is 15.3 Å². The van der Waals surface area contributed by atoms with Crippen molar-refractivity contribution in [3.63, 3.8) is 0 Å². The van der Waals surface area contributed by atoms with E-state index in [1.54, 1.807) is 12.3 Å². The standard InChI is InChI=1S/C13H17ClN4OS/c1-6(2)17-9-4-10(14)16-5-8(9)13-18-11(12(15)19)7(3)20-13/h4-6,12,19H,15H2,1-3H3,(H,16,17). The number of hydrogen-bond acceptors (Lipinski definition) is 6. The molecule has 2 heterocycles. The Hall–Kier alpha value is -1.21. The van der Waals surface area contributed by atoms with E-state index >= 15 is 0 Å². The fraction of sp³-hybridized carbons (Fsp3) is 0.385. The topological polar surface area (TPSA) is 84.1 Å². The maximum absolute atomic E-state index is 9.49. The van der Waals surface area contributed by atoms with Crippen molar-refractivity contribution >= 4 is 28.6 Å². The van der Waals surface area contributed by atoms with E-state index in [1.165, 1.54) is 11.3 Å². The molecule has 20 heavy (non-hydrogen) atoms. The number of nitrogens with zero attached hydrogens (tertiary/aromatic N) is 2. The minimum Gasteiger partial charge on any atom is -0.382 e. The Labute approximate surface area is 126 Å². The van der Waals surface area contributed by atoms with Gasteiger partial charge >= 0.3 is 0 Å². The fourth-order valence-corrected chi connectivity index (χ4v) is 2.96. The van der Waals surface area contributed by atoms with Crippen LogP contribution in [0.2, 0.25) is 5.15 Å². The lowest BCUT2D eigenvalue weighted by Crippen LogP contribution is -2.11. The molecule has 0 aliphatic heterocycles. The average Bonchev–Trinajstić information content (AvgIpc) is 2.70. The van der Waals surface area contributed by atoms with Crippen LogP contribution in [-0.4, -0.2) is 21.1 Å². The summed E-state index contributed by atoms with van der Waals surface area (Å²) in [4.78, 5) is 9.39. The van der Waals surface area contributed by atoms with Gasteiger partial charge in [-0.15, -0.1) is 11.3 Å². The smallest absolute Gasteiger partial charge is 0.146 e. The molecule has 0 saturated heterocycles. The third-order valence-corrected chi connectivity index (χ3v) is 3.88. The number of pyridine rings is 1. The molecule has 7 heteroatoms. The quantitative estimate of drug-likeness (QED) is 0.597. The minimum absolute atomic E-state index is 0.257. The van der Waals surface area contributed by atoms with Gasteiger partial charge in [0.2, 0.25) is 0 Å². The zero-order chi connectivity index (χ0) is 14.9. The maximum atomic E-state index is 9.49. The fourth-order valence-electron chi connectivity index (χ4n) is 1.83. The third-order valence-electron chi connectivity index (χ3n) is 2.66. The second-order valence-electron chi connectivity index (χ2n) is 4.76. The van der Waals surface area contributed by atoms with Crippen molar-refractivity contribution in [1.29, 1.82) is 0 Å². The van der Waals surface area contributed by atoms with Gasteiger partial charge in [-0.1, -0.05) is 11.6 Å². The van der Waals surface area contributed by atoms with Crippen molar-refractivity contribution in [3.8, 4) is 10.6 Å². The lowest BCUT2D eigenvalue weighted by molar-refractivity contribution is 0.181. The van der Waals surface area contributed by atoms with Crippen LogP contribution < -0.4 is 11.1 Å².